The van der Waals surface area contributed by atoms with Gasteiger partial charge in [0.2, 0.25) is 5.13 Å². The molecule has 5 heteroatoms. The number of hydrogen-bond acceptors (Lipinski definition) is 5. The van der Waals surface area contributed by atoms with E-state index in [0.29, 0.717) is 0 Å². The van der Waals surface area contributed by atoms with Crippen molar-refractivity contribution in [2.75, 3.05) is 25.1 Å². The summed E-state index contributed by atoms with van der Waals surface area (Å²) in [5.74, 6) is 1.70. The van der Waals surface area contributed by atoms with Crippen molar-refractivity contribution in [3.05, 3.63) is 5.82 Å². The van der Waals surface area contributed by atoms with Crippen LogP contribution in [0.4, 0.5) is 5.13 Å². The first kappa shape index (κ1) is 11.8. The van der Waals surface area contributed by atoms with Gasteiger partial charge < -0.3 is 10.1 Å². The van der Waals surface area contributed by atoms with E-state index in [4.69, 9.17) is 4.74 Å². The topological polar surface area (TPSA) is 47.0 Å². The molecular weight excluding hydrogens is 222 g/mol. The standard InChI is InChI=1S/C11H19N3OS/c1-2-3-10-13-11(16-14-10)12-8-9-4-6-15-7-5-9/h9H,2-8H2,1H3,(H,12,13,14). The van der Waals surface area contributed by atoms with Gasteiger partial charge in [0.1, 0.15) is 5.82 Å². The van der Waals surface area contributed by atoms with E-state index in [2.05, 4.69) is 21.6 Å². The van der Waals surface area contributed by atoms with Gasteiger partial charge in [-0.2, -0.15) is 4.37 Å². The number of anilines is 1. The molecule has 2 heterocycles. The lowest BCUT2D eigenvalue weighted by Crippen LogP contribution is -2.22. The third kappa shape index (κ3) is 3.42. The van der Waals surface area contributed by atoms with Crippen LogP contribution in [0.3, 0.4) is 0 Å². The van der Waals surface area contributed by atoms with Crippen LogP contribution in [0.1, 0.15) is 32.0 Å². The maximum atomic E-state index is 5.33. The van der Waals surface area contributed by atoms with Crippen molar-refractivity contribution < 1.29 is 4.74 Å². The van der Waals surface area contributed by atoms with E-state index >= 15 is 0 Å². The Kier molecular flexibility index (Phi) is 4.54. The summed E-state index contributed by atoms with van der Waals surface area (Å²) >= 11 is 1.47. The zero-order valence-electron chi connectivity index (χ0n) is 9.74. The van der Waals surface area contributed by atoms with Gasteiger partial charge in [-0.3, -0.25) is 0 Å². The number of aryl methyl sites for hydroxylation is 1. The van der Waals surface area contributed by atoms with Crippen molar-refractivity contribution in [2.24, 2.45) is 5.92 Å². The van der Waals surface area contributed by atoms with Crippen molar-refractivity contribution in [3.63, 3.8) is 0 Å². The highest BCUT2D eigenvalue weighted by atomic mass is 32.1. The Labute approximate surface area is 101 Å². The first-order valence-corrected chi connectivity index (χ1v) is 6.80. The van der Waals surface area contributed by atoms with Gasteiger partial charge in [0.25, 0.3) is 0 Å². The Bertz CT molecular complexity index is 310. The van der Waals surface area contributed by atoms with Crippen molar-refractivity contribution in [2.45, 2.75) is 32.6 Å². The number of aromatic nitrogens is 2. The molecule has 1 N–H and O–H groups in total. The van der Waals surface area contributed by atoms with Gasteiger partial charge >= 0.3 is 0 Å². The zero-order chi connectivity index (χ0) is 11.2. The second-order valence-corrected chi connectivity index (χ2v) is 4.95. The summed E-state index contributed by atoms with van der Waals surface area (Å²) in [6.45, 7) is 4.97. The van der Waals surface area contributed by atoms with Crippen molar-refractivity contribution in [1.82, 2.24) is 9.36 Å². The highest BCUT2D eigenvalue weighted by Crippen LogP contribution is 2.17. The van der Waals surface area contributed by atoms with Crippen molar-refractivity contribution >= 4 is 16.7 Å². The minimum Gasteiger partial charge on any atom is -0.381 e. The summed E-state index contributed by atoms with van der Waals surface area (Å²) in [7, 11) is 0. The van der Waals surface area contributed by atoms with Gasteiger partial charge in [0.05, 0.1) is 0 Å². The van der Waals surface area contributed by atoms with Crippen LogP contribution in [0.5, 0.6) is 0 Å². The molecule has 1 saturated heterocycles. The molecule has 0 spiro atoms. The van der Waals surface area contributed by atoms with Crippen LogP contribution < -0.4 is 5.32 Å². The lowest BCUT2D eigenvalue weighted by Gasteiger charge is -2.21. The third-order valence-corrected chi connectivity index (χ3v) is 3.54. The Morgan fingerprint density at radius 2 is 2.25 bits per heavy atom. The fraction of sp³-hybridized carbons (Fsp3) is 0.818. The van der Waals surface area contributed by atoms with Crippen LogP contribution in [-0.4, -0.2) is 29.1 Å². The summed E-state index contributed by atoms with van der Waals surface area (Å²) in [6, 6.07) is 0. The highest BCUT2D eigenvalue weighted by Gasteiger charge is 2.14. The molecule has 1 fully saturated rings. The van der Waals surface area contributed by atoms with Crippen molar-refractivity contribution in [3.8, 4) is 0 Å². The molecule has 1 aliphatic rings. The van der Waals surface area contributed by atoms with Gasteiger partial charge in [0, 0.05) is 37.7 Å². The monoisotopic (exact) mass is 241 g/mol. The molecule has 90 valence electrons. The van der Waals surface area contributed by atoms with E-state index in [-0.39, 0.29) is 0 Å². The van der Waals surface area contributed by atoms with E-state index in [1.54, 1.807) is 0 Å². The number of ether oxygens (including phenoxy) is 1. The minimum atomic E-state index is 0.729. The quantitative estimate of drug-likeness (QED) is 0.859. The molecular formula is C11H19N3OS. The van der Waals surface area contributed by atoms with E-state index < -0.39 is 0 Å². The minimum absolute atomic E-state index is 0.729. The summed E-state index contributed by atoms with van der Waals surface area (Å²) in [6.07, 6.45) is 4.41. The second-order valence-electron chi connectivity index (χ2n) is 4.20. The molecule has 0 unspecified atom stereocenters. The molecule has 1 aromatic rings. The van der Waals surface area contributed by atoms with Gasteiger partial charge in [-0.05, 0) is 25.2 Å². The van der Waals surface area contributed by atoms with Crippen molar-refractivity contribution in [1.29, 1.82) is 0 Å². The SMILES string of the molecule is CCCc1nsc(NCC2CCOCC2)n1. The molecule has 0 atom stereocenters. The molecule has 1 aromatic heterocycles. The van der Waals surface area contributed by atoms with Gasteiger partial charge in [-0.25, -0.2) is 4.98 Å². The fourth-order valence-electron chi connectivity index (χ4n) is 1.83. The Morgan fingerprint density at radius 1 is 1.44 bits per heavy atom. The maximum absolute atomic E-state index is 5.33. The fourth-order valence-corrected chi connectivity index (χ4v) is 2.45. The normalized spacial score (nSPS) is 17.6. The molecule has 0 saturated carbocycles. The maximum Gasteiger partial charge on any atom is 0.202 e. The van der Waals surface area contributed by atoms with E-state index in [1.165, 1.54) is 11.5 Å². The molecule has 16 heavy (non-hydrogen) atoms. The van der Waals surface area contributed by atoms with Crippen LogP contribution >= 0.6 is 11.5 Å². The predicted molar refractivity (Wildman–Crippen MR) is 65.9 cm³/mol. The Balaban J connectivity index is 1.75. The van der Waals surface area contributed by atoms with E-state index in [1.807, 2.05) is 0 Å². The predicted octanol–water partition coefficient (Wildman–Crippen LogP) is 2.33. The average Bonchev–Trinajstić information content (AvgIpc) is 2.76. The molecule has 4 nitrogen and oxygen atoms in total. The lowest BCUT2D eigenvalue weighted by molar-refractivity contribution is 0.0699. The largest absolute Gasteiger partial charge is 0.381 e. The van der Waals surface area contributed by atoms with Crippen LogP contribution in [0.2, 0.25) is 0 Å². The van der Waals surface area contributed by atoms with Crippen LogP contribution in [0.25, 0.3) is 0 Å². The first-order valence-electron chi connectivity index (χ1n) is 6.02. The highest BCUT2D eigenvalue weighted by molar-refractivity contribution is 7.09. The summed E-state index contributed by atoms with van der Waals surface area (Å²) in [5, 5.41) is 4.35. The van der Waals surface area contributed by atoms with Gasteiger partial charge in [-0.1, -0.05) is 6.92 Å². The lowest BCUT2D eigenvalue weighted by atomic mass is 10.0. The van der Waals surface area contributed by atoms with Crippen LogP contribution in [-0.2, 0) is 11.2 Å². The smallest absolute Gasteiger partial charge is 0.202 e. The molecule has 0 aliphatic carbocycles. The van der Waals surface area contributed by atoms with Gasteiger partial charge in [0.15, 0.2) is 0 Å². The second kappa shape index (κ2) is 6.15. The number of nitrogens with one attached hydrogen (secondary N) is 1. The zero-order valence-corrected chi connectivity index (χ0v) is 10.6. The molecule has 0 bridgehead atoms. The van der Waals surface area contributed by atoms with Crippen LogP contribution in [0, 0.1) is 5.92 Å². The van der Waals surface area contributed by atoms with E-state index in [9.17, 15) is 0 Å². The van der Waals surface area contributed by atoms with Crippen LogP contribution in [0.15, 0.2) is 0 Å². The summed E-state index contributed by atoms with van der Waals surface area (Å²) in [5.41, 5.74) is 0. The number of rotatable bonds is 5. The molecule has 1 aliphatic heterocycles. The number of nitrogens with zero attached hydrogens (tertiary/aromatic N) is 2. The first-order chi connectivity index (χ1) is 7.88. The Hall–Kier alpha value is -0.680. The van der Waals surface area contributed by atoms with E-state index in [0.717, 1.165) is 62.3 Å². The number of hydrogen-bond donors (Lipinski definition) is 1. The average molecular weight is 241 g/mol. The van der Waals surface area contributed by atoms with Gasteiger partial charge in [-0.15, -0.1) is 0 Å². The molecule has 2 rings (SSSR count). The molecule has 0 radical (unpaired) electrons. The third-order valence-electron chi connectivity index (χ3n) is 2.82. The molecule has 0 amide bonds. The Morgan fingerprint density at radius 3 is 3.00 bits per heavy atom. The summed E-state index contributed by atoms with van der Waals surface area (Å²) < 4.78 is 9.65. The molecule has 0 aromatic carbocycles. The summed E-state index contributed by atoms with van der Waals surface area (Å²) in [4.78, 5) is 4.45.